The monoisotopic (exact) mass is 337 g/mol. The third-order valence-corrected chi connectivity index (χ3v) is 4.02. The van der Waals surface area contributed by atoms with Gasteiger partial charge >= 0.3 is 6.03 Å². The average molecular weight is 337 g/mol. The number of nitrogens with zero attached hydrogens (tertiary/aromatic N) is 2. The summed E-state index contributed by atoms with van der Waals surface area (Å²) >= 11 is 0. The summed E-state index contributed by atoms with van der Waals surface area (Å²) in [5.74, 6) is -0.381. The van der Waals surface area contributed by atoms with Crippen LogP contribution >= 0.6 is 0 Å². The van der Waals surface area contributed by atoms with Gasteiger partial charge in [0.15, 0.2) is 0 Å². The van der Waals surface area contributed by atoms with E-state index in [1.165, 1.54) is 23.1 Å². The van der Waals surface area contributed by atoms with E-state index in [-0.39, 0.29) is 17.9 Å². The second kappa shape index (κ2) is 7.99. The molecule has 0 unspecified atom stereocenters. The zero-order chi connectivity index (χ0) is 17.7. The van der Waals surface area contributed by atoms with Crippen molar-refractivity contribution in [3.63, 3.8) is 0 Å². The zero-order valence-corrected chi connectivity index (χ0v) is 14.3. The molecule has 0 saturated carbocycles. The molecule has 1 heterocycles. The van der Waals surface area contributed by atoms with Gasteiger partial charge in [-0.2, -0.15) is 0 Å². The number of piperidine rings is 1. The molecule has 0 radical (unpaired) electrons. The van der Waals surface area contributed by atoms with Crippen LogP contribution in [0.2, 0.25) is 0 Å². The van der Waals surface area contributed by atoms with E-state index in [1.807, 2.05) is 0 Å². The molecule has 1 aliphatic rings. The lowest BCUT2D eigenvalue weighted by Crippen LogP contribution is -2.45. The molecule has 1 aromatic carbocycles. The lowest BCUT2D eigenvalue weighted by atomic mass is 9.96. The molecule has 1 aliphatic heterocycles. The number of amides is 3. The number of halogens is 1. The maximum Gasteiger partial charge on any atom is 0.319 e. The van der Waals surface area contributed by atoms with Crippen LogP contribution in [-0.4, -0.2) is 55.5 Å². The van der Waals surface area contributed by atoms with Gasteiger partial charge in [0.1, 0.15) is 11.6 Å². The lowest BCUT2D eigenvalue weighted by molar-refractivity contribution is -0.121. The van der Waals surface area contributed by atoms with Crippen molar-refractivity contribution in [2.75, 3.05) is 39.1 Å². The minimum absolute atomic E-state index is 0.0361. The summed E-state index contributed by atoms with van der Waals surface area (Å²) < 4.78 is 18.7. The van der Waals surface area contributed by atoms with E-state index < -0.39 is 5.82 Å². The molecule has 0 aromatic heterocycles. The first kappa shape index (κ1) is 18.0. The van der Waals surface area contributed by atoms with Gasteiger partial charge < -0.3 is 19.9 Å². The Morgan fingerprint density at radius 1 is 1.33 bits per heavy atom. The summed E-state index contributed by atoms with van der Waals surface area (Å²) in [5.41, 5.74) is 0.468. The maximum absolute atomic E-state index is 13.3. The largest absolute Gasteiger partial charge is 0.492 e. The van der Waals surface area contributed by atoms with Crippen LogP contribution in [-0.2, 0) is 4.79 Å². The highest BCUT2D eigenvalue weighted by molar-refractivity contribution is 5.94. The highest BCUT2D eigenvalue weighted by atomic mass is 19.1. The van der Waals surface area contributed by atoms with Gasteiger partial charge in [-0.25, -0.2) is 9.18 Å². The van der Waals surface area contributed by atoms with Crippen molar-refractivity contribution in [2.24, 2.45) is 5.92 Å². The molecule has 0 aliphatic carbocycles. The van der Waals surface area contributed by atoms with E-state index in [1.54, 1.807) is 25.9 Å². The number of urea groups is 1. The predicted octanol–water partition coefficient (Wildman–Crippen LogP) is 2.56. The van der Waals surface area contributed by atoms with Gasteiger partial charge in [0.25, 0.3) is 0 Å². The minimum Gasteiger partial charge on any atom is -0.492 e. The number of ether oxygens (including phenoxy) is 1. The quantitative estimate of drug-likeness (QED) is 0.918. The highest BCUT2D eigenvalue weighted by Crippen LogP contribution is 2.27. The van der Waals surface area contributed by atoms with Gasteiger partial charge in [0, 0.05) is 39.2 Å². The summed E-state index contributed by atoms with van der Waals surface area (Å²) in [5, 5.41) is 2.81. The molecule has 0 bridgehead atoms. The van der Waals surface area contributed by atoms with E-state index in [0.29, 0.717) is 44.0 Å². The van der Waals surface area contributed by atoms with Crippen molar-refractivity contribution < 1.29 is 18.7 Å². The minimum atomic E-state index is -0.410. The average Bonchev–Trinajstić information content (AvgIpc) is 2.57. The smallest absolute Gasteiger partial charge is 0.319 e. The number of nitrogens with one attached hydrogen (secondary N) is 1. The van der Waals surface area contributed by atoms with Crippen LogP contribution in [0.5, 0.6) is 5.75 Å². The molecule has 6 nitrogen and oxygen atoms in total. The SMILES string of the molecule is CCOc1cc(F)ccc1NC(=O)C1CCN(C(=O)N(C)C)CC1. The van der Waals surface area contributed by atoms with Gasteiger partial charge in [-0.3, -0.25) is 4.79 Å². The van der Waals surface area contributed by atoms with Crippen molar-refractivity contribution >= 4 is 17.6 Å². The first-order valence-electron chi connectivity index (χ1n) is 8.11. The summed E-state index contributed by atoms with van der Waals surface area (Å²) in [6.45, 7) is 3.29. The molecule has 0 atom stereocenters. The normalized spacial score (nSPS) is 15.1. The molecular formula is C17H24FN3O3. The van der Waals surface area contributed by atoms with Crippen molar-refractivity contribution in [2.45, 2.75) is 19.8 Å². The number of likely N-dealkylation sites (tertiary alicyclic amines) is 1. The van der Waals surface area contributed by atoms with Gasteiger partial charge in [0.2, 0.25) is 5.91 Å². The first-order valence-corrected chi connectivity index (χ1v) is 8.11. The number of carbonyl (C=O) groups is 2. The Labute approximate surface area is 141 Å². The van der Waals surface area contributed by atoms with Crippen LogP contribution < -0.4 is 10.1 Å². The Hall–Kier alpha value is -2.31. The second-order valence-electron chi connectivity index (χ2n) is 6.00. The molecule has 3 amide bonds. The Balaban J connectivity index is 1.96. The Morgan fingerprint density at radius 3 is 2.58 bits per heavy atom. The fraction of sp³-hybridized carbons (Fsp3) is 0.529. The molecule has 0 spiro atoms. The fourth-order valence-electron chi connectivity index (χ4n) is 2.72. The van der Waals surface area contributed by atoms with E-state index in [9.17, 15) is 14.0 Å². The van der Waals surface area contributed by atoms with Crippen molar-refractivity contribution in [1.29, 1.82) is 0 Å². The zero-order valence-electron chi connectivity index (χ0n) is 14.3. The predicted molar refractivity (Wildman–Crippen MR) is 89.6 cm³/mol. The van der Waals surface area contributed by atoms with Gasteiger partial charge in [-0.1, -0.05) is 0 Å². The Bertz CT molecular complexity index is 599. The van der Waals surface area contributed by atoms with Crippen molar-refractivity contribution in [3.8, 4) is 5.75 Å². The number of benzene rings is 1. The molecule has 1 fully saturated rings. The van der Waals surface area contributed by atoms with Crippen LogP contribution in [0.4, 0.5) is 14.9 Å². The van der Waals surface area contributed by atoms with Crippen molar-refractivity contribution in [1.82, 2.24) is 9.80 Å². The van der Waals surface area contributed by atoms with E-state index in [0.717, 1.165) is 0 Å². The molecular weight excluding hydrogens is 313 g/mol. The first-order chi connectivity index (χ1) is 11.4. The molecule has 1 saturated heterocycles. The second-order valence-corrected chi connectivity index (χ2v) is 6.00. The van der Waals surface area contributed by atoms with E-state index in [4.69, 9.17) is 4.74 Å². The van der Waals surface area contributed by atoms with Crippen LogP contribution in [0.3, 0.4) is 0 Å². The molecule has 132 valence electrons. The number of rotatable bonds is 4. The summed E-state index contributed by atoms with van der Waals surface area (Å²) in [6, 6.07) is 4.02. The van der Waals surface area contributed by atoms with Gasteiger partial charge in [-0.15, -0.1) is 0 Å². The third-order valence-electron chi connectivity index (χ3n) is 4.02. The lowest BCUT2D eigenvalue weighted by Gasteiger charge is -2.33. The molecule has 2 rings (SSSR count). The van der Waals surface area contributed by atoms with Crippen LogP contribution in [0.15, 0.2) is 18.2 Å². The van der Waals surface area contributed by atoms with Crippen LogP contribution in [0.25, 0.3) is 0 Å². The molecule has 1 N–H and O–H groups in total. The molecule has 7 heteroatoms. The van der Waals surface area contributed by atoms with E-state index >= 15 is 0 Å². The van der Waals surface area contributed by atoms with Crippen LogP contribution in [0, 0.1) is 11.7 Å². The molecule has 24 heavy (non-hydrogen) atoms. The Morgan fingerprint density at radius 2 is 2.00 bits per heavy atom. The number of carbonyl (C=O) groups excluding carboxylic acids is 2. The number of hydrogen-bond donors (Lipinski definition) is 1. The fourth-order valence-corrected chi connectivity index (χ4v) is 2.72. The van der Waals surface area contributed by atoms with E-state index in [2.05, 4.69) is 5.32 Å². The maximum atomic E-state index is 13.3. The highest BCUT2D eigenvalue weighted by Gasteiger charge is 2.28. The number of hydrogen-bond acceptors (Lipinski definition) is 3. The summed E-state index contributed by atoms with van der Waals surface area (Å²) in [4.78, 5) is 27.6. The topological polar surface area (TPSA) is 61.9 Å². The standard InChI is InChI=1S/C17H24FN3O3/c1-4-24-15-11-13(18)5-6-14(15)19-16(22)12-7-9-21(10-8-12)17(23)20(2)3/h5-6,11-12H,4,7-10H2,1-3H3,(H,19,22). The van der Waals surface area contributed by atoms with Crippen LogP contribution in [0.1, 0.15) is 19.8 Å². The van der Waals surface area contributed by atoms with Crippen molar-refractivity contribution in [3.05, 3.63) is 24.0 Å². The number of anilines is 1. The molecule has 1 aromatic rings. The van der Waals surface area contributed by atoms with Gasteiger partial charge in [0.05, 0.1) is 12.3 Å². The third kappa shape index (κ3) is 4.37. The summed E-state index contributed by atoms with van der Waals surface area (Å²) in [6.07, 6.45) is 1.22. The Kier molecular flexibility index (Phi) is 6.00. The van der Waals surface area contributed by atoms with Gasteiger partial charge in [-0.05, 0) is 31.9 Å². The summed E-state index contributed by atoms with van der Waals surface area (Å²) in [7, 11) is 3.43.